The fourth-order valence-corrected chi connectivity index (χ4v) is 9.79. The van der Waals surface area contributed by atoms with Crippen LogP contribution in [0.25, 0.3) is 11.2 Å². The van der Waals surface area contributed by atoms with Crippen molar-refractivity contribution >= 4 is 64.2 Å². The van der Waals surface area contributed by atoms with E-state index in [1.54, 1.807) is 17.6 Å². The van der Waals surface area contributed by atoms with Gasteiger partial charge in [0.2, 0.25) is 5.28 Å². The summed E-state index contributed by atoms with van der Waals surface area (Å²) in [5.41, 5.74) is 1.67. The van der Waals surface area contributed by atoms with Crippen LogP contribution in [0.5, 0.6) is 0 Å². The lowest BCUT2D eigenvalue weighted by Crippen LogP contribution is -2.69. The molecule has 0 bridgehead atoms. The van der Waals surface area contributed by atoms with Gasteiger partial charge in [0, 0.05) is 23.2 Å². The van der Waals surface area contributed by atoms with Gasteiger partial charge in [-0.15, -0.1) is 24.0 Å². The number of nitrogen functional groups attached to an aromatic ring is 1. The molecule has 12 nitrogen and oxygen atoms in total. The number of imidazole rings is 1. The summed E-state index contributed by atoms with van der Waals surface area (Å²) in [5.74, 6) is -1.85. The van der Waals surface area contributed by atoms with Crippen LogP contribution in [0.1, 0.15) is 59.1 Å². The van der Waals surface area contributed by atoms with Crippen molar-refractivity contribution in [3.05, 3.63) is 35.4 Å². The molecule has 16 heteroatoms. The van der Waals surface area contributed by atoms with Crippen molar-refractivity contribution < 1.29 is 39.1 Å². The molecule has 0 aromatic carbocycles. The molecule has 0 radical (unpaired) electrons. The fourth-order valence-electron chi connectivity index (χ4n) is 9.41. The van der Waals surface area contributed by atoms with Crippen LogP contribution in [-0.2, 0) is 14.3 Å². The zero-order chi connectivity index (χ0) is 34.3. The molecule has 2 aromatic heterocycles. The number of allylic oxidation sites excluding steroid dienone is 4. The van der Waals surface area contributed by atoms with Gasteiger partial charge in [0.15, 0.2) is 28.7 Å². The van der Waals surface area contributed by atoms with Crippen molar-refractivity contribution in [2.24, 2.45) is 28.6 Å². The number of ketones is 2. The predicted octanol–water partition coefficient (Wildman–Crippen LogP) is 3.27. The molecule has 5 aliphatic rings. The van der Waals surface area contributed by atoms with Crippen LogP contribution >= 0.6 is 35.6 Å². The first-order valence-electron chi connectivity index (χ1n) is 15.8. The van der Waals surface area contributed by atoms with E-state index in [0.717, 1.165) is 5.57 Å². The first kappa shape index (κ1) is 37.0. The van der Waals surface area contributed by atoms with Crippen LogP contribution < -0.4 is 5.73 Å². The zero-order valence-electron chi connectivity index (χ0n) is 26.7. The van der Waals surface area contributed by atoms with Crippen molar-refractivity contribution in [2.75, 3.05) is 18.2 Å². The predicted molar refractivity (Wildman–Crippen MR) is 177 cm³/mol. The fraction of sp³-hybridized carbons (Fsp3) is 0.656. The van der Waals surface area contributed by atoms with Gasteiger partial charge < -0.3 is 30.9 Å². The lowest BCUT2D eigenvalue weighted by molar-refractivity contribution is -0.218. The molecule has 48 heavy (non-hydrogen) atoms. The Labute approximate surface area is 293 Å². The molecule has 11 atom stereocenters. The summed E-state index contributed by atoms with van der Waals surface area (Å²) in [6.07, 6.45) is 4.70. The number of Topliss-reactive ketones (excluding diaryl/α,β-unsaturated/α-hetero) is 1. The molecule has 4 aliphatic carbocycles. The summed E-state index contributed by atoms with van der Waals surface area (Å²) in [4.78, 5) is 36.5. The number of aliphatic hydroxyl groups is 4. The van der Waals surface area contributed by atoms with E-state index in [1.165, 1.54) is 18.5 Å². The Balaban J connectivity index is 0.000000197. The van der Waals surface area contributed by atoms with Crippen LogP contribution in [0.2, 0.25) is 5.28 Å². The van der Waals surface area contributed by atoms with E-state index in [1.807, 2.05) is 13.8 Å². The standard InChI is InChI=1S/C22H28ClFO4.C10H12ClN5O3.ClH/c1-12-8-16-15-5-4-13-9-14(25)6-7-19(13,2)21(15,24)17(26)10-20(16,3)22(12,28)18(27)11-23;11-10-14-8(12)7-9(15-10)16(3-13-7)6-1-4(18)5(2-17)19-6;/h6-7,9,12,15-17,26,28H,4-5,8,10-11H2,1-3H3;3-6,17-18H,1-2H2,(H2,12,14,15);1H/t12-,15-,16-,17-,19-,20-,21-,22-;4-,5+,6+;/m00./s1. The number of rotatable bonds is 4. The number of hydrogen-bond donors (Lipinski definition) is 5. The molecule has 264 valence electrons. The largest absolute Gasteiger partial charge is 0.394 e. The number of alkyl halides is 2. The van der Waals surface area contributed by atoms with Gasteiger partial charge in [0.1, 0.15) is 23.4 Å². The number of carbonyl (C=O) groups excluding carboxylic acids is 2. The normalized spacial score (nSPS) is 41.4. The second-order valence-corrected chi connectivity index (χ2v) is 14.6. The van der Waals surface area contributed by atoms with E-state index in [9.17, 15) is 24.9 Å². The van der Waals surface area contributed by atoms with E-state index in [2.05, 4.69) is 15.0 Å². The maximum absolute atomic E-state index is 16.9. The zero-order valence-corrected chi connectivity index (χ0v) is 29.1. The molecule has 0 unspecified atom stereocenters. The topological polar surface area (TPSA) is 194 Å². The molecule has 3 heterocycles. The van der Waals surface area contributed by atoms with E-state index in [-0.39, 0.29) is 60.0 Å². The Morgan fingerprint density at radius 2 is 1.94 bits per heavy atom. The highest BCUT2D eigenvalue weighted by molar-refractivity contribution is 6.29. The van der Waals surface area contributed by atoms with Crippen LogP contribution in [0.3, 0.4) is 0 Å². The minimum Gasteiger partial charge on any atom is -0.394 e. The van der Waals surface area contributed by atoms with Gasteiger partial charge in [0.05, 0.1) is 31.0 Å². The monoisotopic (exact) mass is 731 g/mol. The minimum absolute atomic E-state index is 0. The summed E-state index contributed by atoms with van der Waals surface area (Å²) in [6.45, 7) is 5.13. The lowest BCUT2D eigenvalue weighted by atomic mass is 9.44. The number of halogens is 4. The summed E-state index contributed by atoms with van der Waals surface area (Å²) in [6, 6.07) is 0. The van der Waals surface area contributed by atoms with E-state index < -0.39 is 58.3 Å². The van der Waals surface area contributed by atoms with Crippen molar-refractivity contribution in [1.29, 1.82) is 0 Å². The van der Waals surface area contributed by atoms with Crippen molar-refractivity contribution in [1.82, 2.24) is 19.5 Å². The number of fused-ring (bicyclic) bond motifs is 6. The van der Waals surface area contributed by atoms with Gasteiger partial charge in [-0.2, -0.15) is 9.97 Å². The second-order valence-electron chi connectivity index (χ2n) is 14.0. The number of aromatic nitrogens is 4. The van der Waals surface area contributed by atoms with Crippen LogP contribution in [0.4, 0.5) is 10.2 Å². The second kappa shape index (κ2) is 12.8. The van der Waals surface area contributed by atoms with Crippen molar-refractivity contribution in [3.63, 3.8) is 0 Å². The van der Waals surface area contributed by atoms with Crippen LogP contribution in [0, 0.1) is 28.6 Å². The molecule has 4 fully saturated rings. The number of aliphatic hydroxyl groups excluding tert-OH is 3. The van der Waals surface area contributed by atoms with Gasteiger partial charge >= 0.3 is 0 Å². The van der Waals surface area contributed by atoms with Gasteiger partial charge in [-0.05, 0) is 68.2 Å². The molecule has 1 saturated heterocycles. The summed E-state index contributed by atoms with van der Waals surface area (Å²) in [5, 5.41) is 41.4. The SMILES string of the molecule is C[C@H]1C[C@H]2[C@@H]3CCC4=CC(=O)C=C[C@]4(C)[C@@]3(F)[C@@H](O)C[C@]2(C)[C@@]1(O)C(=O)CCl.Cl.Nc1nc(Cl)nc2c1ncn2[C@H]1C[C@H](O)[C@@H](CO)O1. The highest BCUT2D eigenvalue weighted by atomic mass is 35.5. The number of carbonyl (C=O) groups is 2. The minimum atomic E-state index is -1.95. The Bertz CT molecular complexity index is 1680. The maximum atomic E-state index is 16.9. The smallest absolute Gasteiger partial charge is 0.226 e. The number of ether oxygens (including phenoxy) is 1. The molecule has 6 N–H and O–H groups in total. The first-order valence-corrected chi connectivity index (χ1v) is 16.7. The Hall–Kier alpha value is -2.23. The van der Waals surface area contributed by atoms with Gasteiger partial charge in [-0.25, -0.2) is 9.37 Å². The van der Waals surface area contributed by atoms with Crippen LogP contribution in [0.15, 0.2) is 30.1 Å². The molecule has 0 amide bonds. The maximum Gasteiger partial charge on any atom is 0.226 e. The average Bonchev–Trinajstić information content (AvgIpc) is 3.67. The van der Waals surface area contributed by atoms with E-state index in [0.29, 0.717) is 36.8 Å². The van der Waals surface area contributed by atoms with E-state index in [4.69, 9.17) is 38.8 Å². The highest BCUT2D eigenvalue weighted by Gasteiger charge is 2.75. The van der Waals surface area contributed by atoms with Crippen molar-refractivity contribution in [3.8, 4) is 0 Å². The van der Waals surface area contributed by atoms with Gasteiger partial charge in [-0.1, -0.05) is 25.5 Å². The third-order valence-electron chi connectivity index (χ3n) is 11.9. The molecule has 7 rings (SSSR count). The summed E-state index contributed by atoms with van der Waals surface area (Å²) < 4.78 is 24.0. The lowest BCUT2D eigenvalue weighted by Gasteiger charge is -2.62. The summed E-state index contributed by atoms with van der Waals surface area (Å²) in [7, 11) is 0. The average molecular weight is 733 g/mol. The molecule has 1 aliphatic heterocycles. The molecule has 0 spiro atoms. The van der Waals surface area contributed by atoms with Crippen LogP contribution in [-0.4, -0.2) is 93.6 Å². The molecule has 3 saturated carbocycles. The number of hydrogen-bond acceptors (Lipinski definition) is 11. The first-order chi connectivity index (χ1) is 22.1. The third-order valence-corrected chi connectivity index (χ3v) is 12.3. The Morgan fingerprint density at radius 1 is 1.23 bits per heavy atom. The Morgan fingerprint density at radius 3 is 2.58 bits per heavy atom. The van der Waals surface area contributed by atoms with Crippen molar-refractivity contribution in [2.45, 2.75) is 88.7 Å². The van der Waals surface area contributed by atoms with Gasteiger partial charge in [-0.3, -0.25) is 14.2 Å². The highest BCUT2D eigenvalue weighted by Crippen LogP contribution is 2.70. The quantitative estimate of drug-likeness (QED) is 0.229. The summed E-state index contributed by atoms with van der Waals surface area (Å²) >= 11 is 11.6. The number of nitrogens with zero attached hydrogens (tertiary/aromatic N) is 4. The molecular formula is C32H41Cl3FN5O7. The molecular weight excluding hydrogens is 692 g/mol. The third kappa shape index (κ3) is 5.14. The van der Waals surface area contributed by atoms with Gasteiger partial charge in [0.25, 0.3) is 0 Å². The number of anilines is 1. The van der Waals surface area contributed by atoms with E-state index >= 15 is 4.39 Å². The molecule has 2 aromatic rings. The number of nitrogens with two attached hydrogens (primary N) is 1. The Kier molecular flexibility index (Phi) is 9.90.